The number of anilines is 2. The van der Waals surface area contributed by atoms with E-state index in [1.165, 1.54) is 24.4 Å². The quantitative estimate of drug-likeness (QED) is 0.791. The first kappa shape index (κ1) is 17.7. The topological polar surface area (TPSA) is 76.1 Å². The van der Waals surface area contributed by atoms with Crippen LogP contribution in [-0.2, 0) is 10.9 Å². The van der Waals surface area contributed by atoms with Crippen LogP contribution in [0.25, 0.3) is 0 Å². The average Bonchev–Trinajstić information content (AvgIpc) is 2.55. The lowest BCUT2D eigenvalue weighted by Gasteiger charge is -2.10. The van der Waals surface area contributed by atoms with Gasteiger partial charge in [-0.2, -0.15) is 13.2 Å². The summed E-state index contributed by atoms with van der Waals surface area (Å²) in [6.07, 6.45) is -3.10. The highest BCUT2D eigenvalue weighted by atomic mass is 19.4. The molecule has 0 saturated heterocycles. The van der Waals surface area contributed by atoms with Crippen molar-refractivity contribution >= 4 is 17.5 Å². The number of carbonyl (C=O) groups is 1. The number of rotatable bonds is 6. The van der Waals surface area contributed by atoms with Gasteiger partial charge >= 0.3 is 6.18 Å². The van der Waals surface area contributed by atoms with Crippen LogP contribution in [-0.4, -0.2) is 36.1 Å². The van der Waals surface area contributed by atoms with E-state index in [-0.39, 0.29) is 17.3 Å². The SMILES string of the molecule is COCCNc1nccc(C(=O)Nc2cccc(C(F)(F)F)c2)n1. The Labute approximate surface area is 136 Å². The number of hydrogen-bond acceptors (Lipinski definition) is 5. The second-order valence-electron chi connectivity index (χ2n) is 4.72. The first-order valence-electron chi connectivity index (χ1n) is 6.94. The van der Waals surface area contributed by atoms with Crippen molar-refractivity contribution in [2.24, 2.45) is 0 Å². The molecule has 2 rings (SSSR count). The first-order chi connectivity index (χ1) is 11.4. The first-order valence-corrected chi connectivity index (χ1v) is 6.94. The molecule has 0 aliphatic rings. The number of amides is 1. The second-order valence-corrected chi connectivity index (χ2v) is 4.72. The molecule has 128 valence electrons. The van der Waals surface area contributed by atoms with E-state index < -0.39 is 17.6 Å². The molecule has 1 aromatic heterocycles. The van der Waals surface area contributed by atoms with E-state index in [1.54, 1.807) is 7.11 Å². The van der Waals surface area contributed by atoms with Crippen LogP contribution >= 0.6 is 0 Å². The van der Waals surface area contributed by atoms with Crippen LogP contribution in [0.2, 0.25) is 0 Å². The van der Waals surface area contributed by atoms with Gasteiger partial charge in [-0.3, -0.25) is 4.79 Å². The largest absolute Gasteiger partial charge is 0.416 e. The molecule has 0 spiro atoms. The van der Waals surface area contributed by atoms with Crippen molar-refractivity contribution in [3.8, 4) is 0 Å². The molecule has 0 aliphatic carbocycles. The molecule has 0 unspecified atom stereocenters. The van der Waals surface area contributed by atoms with E-state index in [2.05, 4.69) is 20.6 Å². The van der Waals surface area contributed by atoms with Crippen molar-refractivity contribution in [2.75, 3.05) is 30.9 Å². The van der Waals surface area contributed by atoms with E-state index in [9.17, 15) is 18.0 Å². The third-order valence-electron chi connectivity index (χ3n) is 2.93. The predicted octanol–water partition coefficient (Wildman–Crippen LogP) is 2.81. The lowest BCUT2D eigenvalue weighted by atomic mass is 10.2. The highest BCUT2D eigenvalue weighted by Gasteiger charge is 2.30. The van der Waals surface area contributed by atoms with Crippen LogP contribution in [0.1, 0.15) is 16.1 Å². The number of halogens is 3. The Kier molecular flexibility index (Phi) is 5.69. The Hall–Kier alpha value is -2.68. The zero-order valence-corrected chi connectivity index (χ0v) is 12.7. The minimum Gasteiger partial charge on any atom is -0.383 e. The van der Waals surface area contributed by atoms with Crippen molar-refractivity contribution in [3.05, 3.63) is 47.8 Å². The number of carbonyl (C=O) groups excluding carboxylic acids is 1. The number of hydrogen-bond donors (Lipinski definition) is 2. The molecule has 1 heterocycles. The molecule has 9 heteroatoms. The monoisotopic (exact) mass is 340 g/mol. The van der Waals surface area contributed by atoms with Gasteiger partial charge in [-0.1, -0.05) is 6.07 Å². The smallest absolute Gasteiger partial charge is 0.383 e. The number of benzene rings is 1. The summed E-state index contributed by atoms with van der Waals surface area (Å²) >= 11 is 0. The van der Waals surface area contributed by atoms with E-state index >= 15 is 0 Å². The van der Waals surface area contributed by atoms with E-state index in [0.717, 1.165) is 12.1 Å². The van der Waals surface area contributed by atoms with Gasteiger partial charge in [0, 0.05) is 25.5 Å². The van der Waals surface area contributed by atoms with Crippen LogP contribution in [0.4, 0.5) is 24.8 Å². The normalized spacial score (nSPS) is 11.2. The third-order valence-corrected chi connectivity index (χ3v) is 2.93. The summed E-state index contributed by atoms with van der Waals surface area (Å²) in [4.78, 5) is 20.1. The number of methoxy groups -OCH3 is 1. The fourth-order valence-corrected chi connectivity index (χ4v) is 1.80. The molecular weight excluding hydrogens is 325 g/mol. The number of nitrogens with one attached hydrogen (secondary N) is 2. The molecule has 0 saturated carbocycles. The van der Waals surface area contributed by atoms with Crippen molar-refractivity contribution in [1.29, 1.82) is 0 Å². The Balaban J connectivity index is 2.08. The van der Waals surface area contributed by atoms with Gasteiger partial charge in [0.1, 0.15) is 5.69 Å². The molecule has 1 amide bonds. The number of ether oxygens (including phenoxy) is 1. The van der Waals surface area contributed by atoms with Gasteiger partial charge in [-0.25, -0.2) is 9.97 Å². The lowest BCUT2D eigenvalue weighted by Crippen LogP contribution is -2.17. The zero-order chi connectivity index (χ0) is 17.6. The highest BCUT2D eigenvalue weighted by molar-refractivity contribution is 6.03. The Morgan fingerprint density at radius 2 is 2.08 bits per heavy atom. The van der Waals surface area contributed by atoms with Gasteiger partial charge in [-0.05, 0) is 24.3 Å². The summed E-state index contributed by atoms with van der Waals surface area (Å²) in [6.45, 7) is 0.888. The van der Waals surface area contributed by atoms with Gasteiger partial charge in [0.15, 0.2) is 0 Å². The molecule has 6 nitrogen and oxygen atoms in total. The fraction of sp³-hybridized carbons (Fsp3) is 0.267. The van der Waals surface area contributed by atoms with E-state index in [1.807, 2.05) is 0 Å². The molecule has 2 N–H and O–H groups in total. The standard InChI is InChI=1S/C15H15F3N4O2/c1-24-8-7-20-14-19-6-5-12(22-14)13(23)21-11-4-2-3-10(9-11)15(16,17)18/h2-6,9H,7-8H2,1H3,(H,21,23)(H,19,20,22). The van der Waals surface area contributed by atoms with E-state index in [0.29, 0.717) is 13.2 Å². The molecule has 0 radical (unpaired) electrons. The molecule has 1 aromatic carbocycles. The van der Waals surface area contributed by atoms with Gasteiger partial charge in [0.25, 0.3) is 5.91 Å². The summed E-state index contributed by atoms with van der Waals surface area (Å²) in [6, 6.07) is 5.74. The summed E-state index contributed by atoms with van der Waals surface area (Å²) in [5, 5.41) is 5.24. The third kappa shape index (κ3) is 4.92. The number of alkyl halides is 3. The Bertz CT molecular complexity index is 707. The van der Waals surface area contributed by atoms with Gasteiger partial charge in [0.05, 0.1) is 12.2 Å². The Morgan fingerprint density at radius 3 is 2.79 bits per heavy atom. The predicted molar refractivity (Wildman–Crippen MR) is 81.8 cm³/mol. The van der Waals surface area contributed by atoms with Crippen LogP contribution in [0, 0.1) is 0 Å². The zero-order valence-electron chi connectivity index (χ0n) is 12.7. The molecule has 0 fully saturated rings. The van der Waals surface area contributed by atoms with Crippen LogP contribution in [0.15, 0.2) is 36.5 Å². The molecular formula is C15H15F3N4O2. The van der Waals surface area contributed by atoms with Crippen molar-refractivity contribution < 1.29 is 22.7 Å². The van der Waals surface area contributed by atoms with Crippen LogP contribution in [0.3, 0.4) is 0 Å². The van der Waals surface area contributed by atoms with Crippen molar-refractivity contribution in [1.82, 2.24) is 9.97 Å². The summed E-state index contributed by atoms with van der Waals surface area (Å²) in [5.41, 5.74) is -0.783. The van der Waals surface area contributed by atoms with Crippen LogP contribution < -0.4 is 10.6 Å². The van der Waals surface area contributed by atoms with Crippen molar-refractivity contribution in [2.45, 2.75) is 6.18 Å². The minimum atomic E-state index is -4.48. The molecule has 24 heavy (non-hydrogen) atoms. The molecule has 0 aliphatic heterocycles. The second kappa shape index (κ2) is 7.73. The van der Waals surface area contributed by atoms with Crippen LogP contribution in [0.5, 0.6) is 0 Å². The minimum absolute atomic E-state index is 0.0299. The fourth-order valence-electron chi connectivity index (χ4n) is 1.80. The lowest BCUT2D eigenvalue weighted by molar-refractivity contribution is -0.137. The maximum atomic E-state index is 12.7. The highest BCUT2D eigenvalue weighted by Crippen LogP contribution is 2.30. The summed E-state index contributed by atoms with van der Waals surface area (Å²) < 4.78 is 42.9. The Morgan fingerprint density at radius 1 is 1.29 bits per heavy atom. The van der Waals surface area contributed by atoms with Gasteiger partial charge in [0.2, 0.25) is 5.95 Å². The molecule has 0 bridgehead atoms. The number of aromatic nitrogens is 2. The maximum Gasteiger partial charge on any atom is 0.416 e. The van der Waals surface area contributed by atoms with Gasteiger partial charge in [-0.15, -0.1) is 0 Å². The van der Waals surface area contributed by atoms with Gasteiger partial charge < -0.3 is 15.4 Å². The maximum absolute atomic E-state index is 12.7. The summed E-state index contributed by atoms with van der Waals surface area (Å²) in [7, 11) is 1.54. The molecule has 0 atom stereocenters. The van der Waals surface area contributed by atoms with E-state index in [4.69, 9.17) is 4.74 Å². The van der Waals surface area contributed by atoms with Crippen molar-refractivity contribution in [3.63, 3.8) is 0 Å². The molecule has 2 aromatic rings. The average molecular weight is 340 g/mol. The summed E-state index contributed by atoms with van der Waals surface area (Å²) in [5.74, 6) is -0.407. The number of nitrogens with zero attached hydrogens (tertiary/aromatic N) is 2.